The topological polar surface area (TPSA) is 92.8 Å². The molecule has 0 spiro atoms. The van der Waals surface area contributed by atoms with Crippen LogP contribution in [0.25, 0.3) is 0 Å². The molecule has 0 heterocycles. The summed E-state index contributed by atoms with van der Waals surface area (Å²) in [6, 6.07) is 17.2. The Kier molecular flexibility index (Phi) is 8.91. The molecule has 0 saturated carbocycles. The number of hydrogen-bond acceptors (Lipinski definition) is 5. The van der Waals surface area contributed by atoms with Gasteiger partial charge in [0.25, 0.3) is 0 Å². The van der Waals surface area contributed by atoms with Gasteiger partial charge in [-0.2, -0.15) is 4.31 Å². The number of carbonyl (C=O) groups excluding carboxylic acids is 2. The van der Waals surface area contributed by atoms with Crippen molar-refractivity contribution in [1.82, 2.24) is 4.31 Å². The predicted octanol–water partition coefficient (Wildman–Crippen LogP) is 5.31. The van der Waals surface area contributed by atoms with Gasteiger partial charge in [0.15, 0.2) is 0 Å². The number of amides is 1. The van der Waals surface area contributed by atoms with Gasteiger partial charge in [0, 0.05) is 22.3 Å². The Morgan fingerprint density at radius 3 is 2.23 bits per heavy atom. The number of hydrogen-bond donors (Lipinski definition) is 1. The van der Waals surface area contributed by atoms with Crippen molar-refractivity contribution in [3.8, 4) is 0 Å². The van der Waals surface area contributed by atoms with Crippen molar-refractivity contribution in [3.63, 3.8) is 0 Å². The average molecular weight is 535 g/mol. The van der Waals surface area contributed by atoms with E-state index in [4.69, 9.17) is 27.9 Å². The fourth-order valence-electron chi connectivity index (χ4n) is 3.19. The minimum atomic E-state index is -4.03. The highest BCUT2D eigenvalue weighted by Crippen LogP contribution is 2.25. The lowest BCUT2D eigenvalue weighted by Crippen LogP contribution is -2.37. The Morgan fingerprint density at radius 1 is 0.971 bits per heavy atom. The first kappa shape index (κ1) is 26.7. The van der Waals surface area contributed by atoms with Gasteiger partial charge in [-0.05, 0) is 67.9 Å². The molecule has 0 aliphatic rings. The van der Waals surface area contributed by atoms with E-state index in [1.165, 1.54) is 30.3 Å². The molecule has 10 heteroatoms. The van der Waals surface area contributed by atoms with E-state index >= 15 is 0 Å². The minimum Gasteiger partial charge on any atom is -0.462 e. The summed E-state index contributed by atoms with van der Waals surface area (Å²) in [5.41, 5.74) is 2.14. The zero-order valence-electron chi connectivity index (χ0n) is 19.1. The summed E-state index contributed by atoms with van der Waals surface area (Å²) in [7, 11) is -4.03. The number of aryl methyl sites for hydroxylation is 1. The van der Waals surface area contributed by atoms with Crippen LogP contribution >= 0.6 is 23.2 Å². The summed E-state index contributed by atoms with van der Waals surface area (Å²) in [5, 5.41) is 3.36. The van der Waals surface area contributed by atoms with Gasteiger partial charge in [-0.15, -0.1) is 0 Å². The lowest BCUT2D eigenvalue weighted by atomic mass is 10.2. The predicted molar refractivity (Wildman–Crippen MR) is 136 cm³/mol. The molecule has 1 N–H and O–H groups in total. The van der Waals surface area contributed by atoms with Crippen LogP contribution in [0.3, 0.4) is 0 Å². The van der Waals surface area contributed by atoms with Crippen LogP contribution in [0.5, 0.6) is 0 Å². The smallest absolute Gasteiger partial charge is 0.338 e. The van der Waals surface area contributed by atoms with Gasteiger partial charge in [0.1, 0.15) is 0 Å². The summed E-state index contributed by atoms with van der Waals surface area (Å²) >= 11 is 12.2. The number of halogens is 2. The molecule has 0 saturated heterocycles. The molecule has 0 aliphatic heterocycles. The van der Waals surface area contributed by atoms with Crippen molar-refractivity contribution in [1.29, 1.82) is 0 Å². The summed E-state index contributed by atoms with van der Waals surface area (Å²) < 4.78 is 32.8. The molecular formula is C25H24Cl2N2O5S. The minimum absolute atomic E-state index is 0.0553. The highest BCUT2D eigenvalue weighted by molar-refractivity contribution is 7.89. The second-order valence-electron chi connectivity index (χ2n) is 7.67. The maximum absolute atomic E-state index is 13.4. The van der Waals surface area contributed by atoms with E-state index in [0.717, 1.165) is 9.87 Å². The lowest BCUT2D eigenvalue weighted by Gasteiger charge is -2.22. The van der Waals surface area contributed by atoms with Crippen molar-refractivity contribution >= 4 is 50.8 Å². The molecule has 0 aliphatic carbocycles. The van der Waals surface area contributed by atoms with E-state index in [1.54, 1.807) is 43.3 Å². The number of carbonyl (C=O) groups is 2. The van der Waals surface area contributed by atoms with E-state index in [1.807, 2.05) is 6.92 Å². The third-order valence-electron chi connectivity index (χ3n) is 5.02. The van der Waals surface area contributed by atoms with E-state index in [2.05, 4.69) is 5.32 Å². The van der Waals surface area contributed by atoms with E-state index in [0.29, 0.717) is 21.8 Å². The summed E-state index contributed by atoms with van der Waals surface area (Å²) in [5.74, 6) is -1.03. The molecule has 1 amide bonds. The van der Waals surface area contributed by atoms with Gasteiger partial charge in [-0.3, -0.25) is 4.79 Å². The number of rotatable bonds is 9. The largest absolute Gasteiger partial charge is 0.462 e. The van der Waals surface area contributed by atoms with Gasteiger partial charge in [-0.25, -0.2) is 13.2 Å². The molecule has 184 valence electrons. The SMILES string of the molecule is CCOC(=O)c1ccc(NC(=O)CN(Cc2ccc(Cl)cc2Cl)S(=O)(=O)c2ccc(C)cc2)cc1. The Morgan fingerprint density at radius 2 is 1.63 bits per heavy atom. The zero-order valence-corrected chi connectivity index (χ0v) is 21.5. The van der Waals surface area contributed by atoms with Crippen LogP contribution < -0.4 is 5.32 Å². The molecule has 0 aromatic heterocycles. The Bertz CT molecular complexity index is 1310. The monoisotopic (exact) mass is 534 g/mol. The van der Waals surface area contributed by atoms with Crippen LogP contribution in [0.1, 0.15) is 28.4 Å². The molecule has 0 atom stereocenters. The number of sulfonamides is 1. The molecule has 0 bridgehead atoms. The molecular weight excluding hydrogens is 511 g/mol. The Balaban J connectivity index is 1.83. The summed E-state index contributed by atoms with van der Waals surface area (Å²) in [4.78, 5) is 24.7. The number of ether oxygens (including phenoxy) is 1. The zero-order chi connectivity index (χ0) is 25.6. The van der Waals surface area contributed by atoms with Crippen LogP contribution in [0.2, 0.25) is 10.0 Å². The van der Waals surface area contributed by atoms with Gasteiger partial charge < -0.3 is 10.1 Å². The average Bonchev–Trinajstić information content (AvgIpc) is 2.81. The number of esters is 1. The molecule has 3 aromatic rings. The second kappa shape index (κ2) is 11.7. The highest BCUT2D eigenvalue weighted by atomic mass is 35.5. The standard InChI is InChI=1S/C25H24Cl2N2O5S/c1-3-34-25(31)18-7-10-21(11-8-18)28-24(30)16-29(15-19-6-9-20(26)14-23(19)27)35(32,33)22-12-4-17(2)5-13-22/h4-14H,3,15-16H2,1-2H3,(H,28,30). The van der Waals surface area contributed by atoms with Crippen LogP contribution in [0.15, 0.2) is 71.6 Å². The van der Waals surface area contributed by atoms with Crippen molar-refractivity contribution in [3.05, 3.63) is 93.5 Å². The Labute approximate surface area is 214 Å². The van der Waals surface area contributed by atoms with Crippen LogP contribution in [-0.4, -0.2) is 37.8 Å². The quantitative estimate of drug-likeness (QED) is 0.375. The number of nitrogens with one attached hydrogen (secondary N) is 1. The van der Waals surface area contributed by atoms with Crippen molar-refractivity contribution < 1.29 is 22.7 Å². The number of nitrogens with zero attached hydrogens (tertiary/aromatic N) is 1. The summed E-state index contributed by atoms with van der Waals surface area (Å²) in [6.45, 7) is 3.21. The third kappa shape index (κ3) is 7.05. The van der Waals surface area contributed by atoms with Gasteiger partial charge in [-0.1, -0.05) is 47.0 Å². The van der Waals surface area contributed by atoms with Gasteiger partial charge >= 0.3 is 5.97 Å². The van der Waals surface area contributed by atoms with Crippen molar-refractivity contribution in [2.45, 2.75) is 25.3 Å². The third-order valence-corrected chi connectivity index (χ3v) is 7.41. The first-order chi connectivity index (χ1) is 16.6. The molecule has 0 radical (unpaired) electrons. The fraction of sp³-hybridized carbons (Fsp3) is 0.200. The van der Waals surface area contributed by atoms with Crippen LogP contribution in [0.4, 0.5) is 5.69 Å². The molecule has 3 aromatic carbocycles. The van der Waals surface area contributed by atoms with Crippen LogP contribution in [0, 0.1) is 6.92 Å². The maximum Gasteiger partial charge on any atom is 0.338 e. The van der Waals surface area contributed by atoms with Gasteiger partial charge in [0.2, 0.25) is 15.9 Å². The maximum atomic E-state index is 13.4. The lowest BCUT2D eigenvalue weighted by molar-refractivity contribution is -0.116. The number of anilines is 1. The van der Waals surface area contributed by atoms with Gasteiger partial charge in [0.05, 0.1) is 23.6 Å². The van der Waals surface area contributed by atoms with Crippen molar-refractivity contribution in [2.75, 3.05) is 18.5 Å². The molecule has 3 rings (SSSR count). The summed E-state index contributed by atoms with van der Waals surface area (Å²) in [6.07, 6.45) is 0. The highest BCUT2D eigenvalue weighted by Gasteiger charge is 2.27. The van der Waals surface area contributed by atoms with Crippen LogP contribution in [-0.2, 0) is 26.1 Å². The molecule has 7 nitrogen and oxygen atoms in total. The first-order valence-corrected chi connectivity index (χ1v) is 12.9. The molecule has 0 fully saturated rings. The fourth-order valence-corrected chi connectivity index (χ4v) is 5.03. The second-order valence-corrected chi connectivity index (χ2v) is 10.4. The molecule has 35 heavy (non-hydrogen) atoms. The van der Waals surface area contributed by atoms with E-state index in [9.17, 15) is 18.0 Å². The first-order valence-electron chi connectivity index (χ1n) is 10.7. The van der Waals surface area contributed by atoms with Crippen molar-refractivity contribution in [2.24, 2.45) is 0 Å². The Hall–Kier alpha value is -2.91. The van der Waals surface area contributed by atoms with E-state index in [-0.39, 0.29) is 23.1 Å². The number of benzene rings is 3. The molecule has 0 unspecified atom stereocenters. The van der Waals surface area contributed by atoms with E-state index < -0.39 is 28.4 Å². The normalized spacial score (nSPS) is 11.3.